The van der Waals surface area contributed by atoms with E-state index >= 15 is 0 Å². The van der Waals surface area contributed by atoms with Crippen LogP contribution in [0.15, 0.2) is 100 Å². The van der Waals surface area contributed by atoms with Crippen molar-refractivity contribution in [1.82, 2.24) is 5.32 Å². The Kier molecular flexibility index (Phi) is 9.59. The van der Waals surface area contributed by atoms with E-state index < -0.39 is 11.2 Å². The van der Waals surface area contributed by atoms with Gasteiger partial charge in [0.15, 0.2) is 0 Å². The van der Waals surface area contributed by atoms with Gasteiger partial charge in [-0.3, -0.25) is 14.4 Å². The first-order valence-corrected chi connectivity index (χ1v) is 14.2. The molecule has 198 valence electrons. The smallest absolute Gasteiger partial charge is 0.272 e. The normalized spacial score (nSPS) is 11.9. The van der Waals surface area contributed by atoms with Crippen LogP contribution in [-0.2, 0) is 9.59 Å². The lowest BCUT2D eigenvalue weighted by molar-refractivity contribution is -0.115. The van der Waals surface area contributed by atoms with Crippen LogP contribution < -0.4 is 16.0 Å². The van der Waals surface area contributed by atoms with Crippen molar-refractivity contribution < 1.29 is 14.4 Å². The molecule has 0 aliphatic carbocycles. The number of halogens is 1. The minimum absolute atomic E-state index is 0.116. The van der Waals surface area contributed by atoms with Gasteiger partial charge >= 0.3 is 0 Å². The van der Waals surface area contributed by atoms with Crippen LogP contribution in [0.4, 0.5) is 11.4 Å². The van der Waals surface area contributed by atoms with E-state index in [0.717, 1.165) is 16.0 Å². The van der Waals surface area contributed by atoms with Crippen LogP contribution in [0.1, 0.15) is 28.4 Å². The van der Waals surface area contributed by atoms with Crippen LogP contribution in [0.25, 0.3) is 6.08 Å². The van der Waals surface area contributed by atoms with E-state index in [2.05, 4.69) is 16.0 Å². The molecule has 0 bridgehead atoms. The van der Waals surface area contributed by atoms with Crippen molar-refractivity contribution in [3.05, 3.63) is 117 Å². The van der Waals surface area contributed by atoms with Crippen LogP contribution in [-0.4, -0.2) is 23.0 Å². The van der Waals surface area contributed by atoms with Crippen molar-refractivity contribution in [2.24, 2.45) is 0 Å². The lowest BCUT2D eigenvalue weighted by atomic mass is 10.2. The number of thioether (sulfide) groups is 1. The summed E-state index contributed by atoms with van der Waals surface area (Å²) in [5, 5.41) is 12.5. The van der Waals surface area contributed by atoms with Crippen LogP contribution in [0.3, 0.4) is 0 Å². The zero-order chi connectivity index (χ0) is 27.8. The summed E-state index contributed by atoms with van der Waals surface area (Å²) >= 11 is 9.02. The monoisotopic (exact) mass is 575 g/mol. The molecule has 0 saturated carbocycles. The number of benzene rings is 3. The van der Waals surface area contributed by atoms with Gasteiger partial charge in [-0.1, -0.05) is 41.9 Å². The maximum absolute atomic E-state index is 13.2. The molecule has 3 aromatic carbocycles. The van der Waals surface area contributed by atoms with Gasteiger partial charge in [0.1, 0.15) is 5.70 Å². The van der Waals surface area contributed by atoms with E-state index in [-0.39, 0.29) is 17.5 Å². The van der Waals surface area contributed by atoms with Crippen LogP contribution in [0.2, 0.25) is 5.02 Å². The quantitative estimate of drug-likeness (QED) is 0.145. The van der Waals surface area contributed by atoms with Crippen molar-refractivity contribution in [3.8, 4) is 0 Å². The lowest BCUT2D eigenvalue weighted by Gasteiger charge is -2.15. The van der Waals surface area contributed by atoms with Gasteiger partial charge in [-0.25, -0.2) is 0 Å². The van der Waals surface area contributed by atoms with Gasteiger partial charge in [-0.2, -0.15) is 11.3 Å². The van der Waals surface area contributed by atoms with E-state index in [1.807, 2.05) is 48.9 Å². The molecule has 9 heteroatoms. The average Bonchev–Trinajstić information content (AvgIpc) is 3.44. The molecule has 0 spiro atoms. The third-order valence-corrected chi connectivity index (χ3v) is 7.89. The van der Waals surface area contributed by atoms with Crippen molar-refractivity contribution in [2.45, 2.75) is 24.0 Å². The topological polar surface area (TPSA) is 87.3 Å². The molecule has 0 aliphatic heterocycles. The predicted molar refractivity (Wildman–Crippen MR) is 161 cm³/mol. The van der Waals surface area contributed by atoms with E-state index in [0.29, 0.717) is 22.0 Å². The van der Waals surface area contributed by atoms with Gasteiger partial charge in [0, 0.05) is 26.9 Å². The Hall–Kier alpha value is -3.85. The molecule has 1 aromatic heterocycles. The Bertz CT molecular complexity index is 1510. The Balaban J connectivity index is 1.45. The third kappa shape index (κ3) is 7.83. The van der Waals surface area contributed by atoms with Gasteiger partial charge in [0.05, 0.1) is 5.25 Å². The van der Waals surface area contributed by atoms with E-state index in [1.54, 1.807) is 60.7 Å². The lowest BCUT2D eigenvalue weighted by Crippen LogP contribution is -2.30. The molecule has 0 fully saturated rings. The Morgan fingerprint density at radius 1 is 0.949 bits per heavy atom. The Morgan fingerprint density at radius 2 is 1.72 bits per heavy atom. The summed E-state index contributed by atoms with van der Waals surface area (Å²) in [6.45, 7) is 3.66. The second-order valence-electron chi connectivity index (χ2n) is 8.58. The molecule has 4 aromatic rings. The second-order valence-corrected chi connectivity index (χ2v) is 11.2. The fourth-order valence-electron chi connectivity index (χ4n) is 3.55. The first-order chi connectivity index (χ1) is 18.8. The van der Waals surface area contributed by atoms with Gasteiger partial charge < -0.3 is 16.0 Å². The maximum atomic E-state index is 13.2. The molecule has 0 radical (unpaired) electrons. The molecular weight excluding hydrogens is 550 g/mol. The van der Waals surface area contributed by atoms with E-state index in [9.17, 15) is 14.4 Å². The molecule has 6 nitrogen and oxygen atoms in total. The molecule has 4 rings (SSSR count). The van der Waals surface area contributed by atoms with Crippen LogP contribution in [0.5, 0.6) is 0 Å². The van der Waals surface area contributed by atoms with Gasteiger partial charge in [0.2, 0.25) is 5.91 Å². The molecule has 1 atom stereocenters. The van der Waals surface area contributed by atoms with Crippen LogP contribution >= 0.6 is 34.7 Å². The van der Waals surface area contributed by atoms with Gasteiger partial charge in [0.25, 0.3) is 11.8 Å². The number of hydrogen-bond donors (Lipinski definition) is 3. The fourth-order valence-corrected chi connectivity index (χ4v) is 5.27. The molecule has 3 amide bonds. The molecular formula is C30H26ClN3O3S2. The number of rotatable bonds is 9. The SMILES string of the molecule is Cc1c(Cl)cccc1NC(=O)C(C)Sc1cccc(NC(=O)/C(=C/c2ccsc2)NC(=O)c2ccccc2)c1. The molecule has 0 aliphatic rings. The number of nitrogens with one attached hydrogen (secondary N) is 3. The van der Waals surface area contributed by atoms with Crippen molar-refractivity contribution >= 4 is 69.9 Å². The number of hydrogen-bond acceptors (Lipinski definition) is 5. The summed E-state index contributed by atoms with van der Waals surface area (Å²) < 4.78 is 0. The van der Waals surface area contributed by atoms with E-state index in [4.69, 9.17) is 11.6 Å². The standard InChI is InChI=1S/C30H26ClN3O3S2/c1-19-25(31)12-7-13-26(19)33-28(35)20(2)39-24-11-6-10-23(17-24)32-30(37)27(16-21-14-15-38-18-21)34-29(36)22-8-4-3-5-9-22/h3-18,20H,1-2H3,(H,32,37)(H,33,35)(H,34,36)/b27-16-. The second kappa shape index (κ2) is 13.3. The summed E-state index contributed by atoms with van der Waals surface area (Å²) in [7, 11) is 0. The fraction of sp³-hybridized carbons (Fsp3) is 0.100. The summed E-state index contributed by atoms with van der Waals surface area (Å²) in [4.78, 5) is 39.6. The number of anilines is 2. The molecule has 1 heterocycles. The highest BCUT2D eigenvalue weighted by Crippen LogP contribution is 2.28. The van der Waals surface area contributed by atoms with Crippen molar-refractivity contribution in [1.29, 1.82) is 0 Å². The van der Waals surface area contributed by atoms with Crippen molar-refractivity contribution in [2.75, 3.05) is 10.6 Å². The average molecular weight is 576 g/mol. The Morgan fingerprint density at radius 3 is 2.46 bits per heavy atom. The zero-order valence-corrected chi connectivity index (χ0v) is 23.6. The summed E-state index contributed by atoms with van der Waals surface area (Å²) in [6.07, 6.45) is 1.63. The minimum Gasteiger partial charge on any atom is -0.325 e. The van der Waals surface area contributed by atoms with Crippen molar-refractivity contribution in [3.63, 3.8) is 0 Å². The zero-order valence-electron chi connectivity index (χ0n) is 21.2. The third-order valence-electron chi connectivity index (χ3n) is 5.68. The summed E-state index contributed by atoms with van der Waals surface area (Å²) in [5.41, 5.74) is 3.37. The largest absolute Gasteiger partial charge is 0.325 e. The van der Waals surface area contributed by atoms with Gasteiger partial charge in [-0.15, -0.1) is 11.8 Å². The highest BCUT2D eigenvalue weighted by atomic mass is 35.5. The molecule has 1 unspecified atom stereocenters. The Labute approximate surface area is 240 Å². The highest BCUT2D eigenvalue weighted by Gasteiger charge is 2.18. The molecule has 3 N–H and O–H groups in total. The maximum Gasteiger partial charge on any atom is 0.272 e. The number of thiophene rings is 1. The predicted octanol–water partition coefficient (Wildman–Crippen LogP) is 7.24. The summed E-state index contributed by atoms with van der Waals surface area (Å²) in [6, 6.07) is 23.2. The first kappa shape index (κ1) is 28.2. The highest BCUT2D eigenvalue weighted by molar-refractivity contribution is 8.00. The number of amides is 3. The molecule has 0 saturated heterocycles. The van der Waals surface area contributed by atoms with Crippen LogP contribution in [0, 0.1) is 6.92 Å². The van der Waals surface area contributed by atoms with Gasteiger partial charge in [-0.05, 0) is 90.3 Å². The number of carbonyl (C=O) groups excluding carboxylic acids is 3. The minimum atomic E-state index is -0.463. The summed E-state index contributed by atoms with van der Waals surface area (Å²) in [5.74, 6) is -1.01. The first-order valence-electron chi connectivity index (χ1n) is 12.0. The van der Waals surface area contributed by atoms with E-state index in [1.165, 1.54) is 23.1 Å². The number of carbonyl (C=O) groups is 3. The molecule has 39 heavy (non-hydrogen) atoms.